The first kappa shape index (κ1) is 15.9. The molecule has 0 aromatic heterocycles. The van der Waals surface area contributed by atoms with Gasteiger partial charge < -0.3 is 10.2 Å². The van der Waals surface area contributed by atoms with Crippen LogP contribution in [0.15, 0.2) is 54.6 Å². The van der Waals surface area contributed by atoms with Crippen LogP contribution in [0.5, 0.6) is 0 Å². The Morgan fingerprint density at radius 3 is 2.05 bits per heavy atom. The molecule has 0 heterocycles. The van der Waals surface area contributed by atoms with Gasteiger partial charge >= 0.3 is 5.97 Å². The lowest BCUT2D eigenvalue weighted by molar-refractivity contribution is -0.137. The molecular formula is C18H18O4. The molecule has 2 rings (SSSR count). The number of ketones is 1. The van der Waals surface area contributed by atoms with E-state index in [1.807, 2.05) is 42.5 Å². The van der Waals surface area contributed by atoms with Gasteiger partial charge in [0.1, 0.15) is 5.60 Å². The summed E-state index contributed by atoms with van der Waals surface area (Å²) in [5.74, 6) is -1.50. The van der Waals surface area contributed by atoms with Crippen LogP contribution in [0.3, 0.4) is 0 Å². The van der Waals surface area contributed by atoms with Crippen LogP contribution < -0.4 is 0 Å². The van der Waals surface area contributed by atoms with E-state index in [1.54, 1.807) is 12.1 Å². The number of carboxylic acid groups (broad SMARTS) is 1. The lowest BCUT2D eigenvalue weighted by Crippen LogP contribution is -2.35. The molecule has 114 valence electrons. The molecule has 0 spiro atoms. The maximum Gasteiger partial charge on any atom is 0.303 e. The van der Waals surface area contributed by atoms with Gasteiger partial charge in [0.15, 0.2) is 5.78 Å². The summed E-state index contributed by atoms with van der Waals surface area (Å²) in [4.78, 5) is 22.9. The fraction of sp³-hybridized carbons (Fsp3) is 0.222. The van der Waals surface area contributed by atoms with Crippen LogP contribution >= 0.6 is 0 Å². The average Bonchev–Trinajstić information content (AvgIpc) is 2.53. The van der Waals surface area contributed by atoms with Crippen molar-refractivity contribution in [3.05, 3.63) is 60.2 Å². The highest BCUT2D eigenvalue weighted by Gasteiger charge is 2.31. The molecule has 0 aliphatic heterocycles. The lowest BCUT2D eigenvalue weighted by atomic mass is 9.89. The van der Waals surface area contributed by atoms with Crippen LogP contribution in [0, 0.1) is 0 Å². The Bertz CT molecular complexity index is 657. The van der Waals surface area contributed by atoms with Crippen molar-refractivity contribution >= 4 is 11.8 Å². The van der Waals surface area contributed by atoms with Gasteiger partial charge in [-0.15, -0.1) is 0 Å². The van der Waals surface area contributed by atoms with Gasteiger partial charge in [0, 0.05) is 12.0 Å². The Morgan fingerprint density at radius 2 is 1.50 bits per heavy atom. The summed E-state index contributed by atoms with van der Waals surface area (Å²) < 4.78 is 0. The Balaban J connectivity index is 2.16. The third-order valence-corrected chi connectivity index (χ3v) is 3.57. The monoisotopic (exact) mass is 298 g/mol. The first-order valence-electron chi connectivity index (χ1n) is 7.04. The van der Waals surface area contributed by atoms with Gasteiger partial charge in [-0.2, -0.15) is 0 Å². The maximum atomic E-state index is 12.3. The number of carbonyl (C=O) groups excluding carboxylic acids is 1. The van der Waals surface area contributed by atoms with Gasteiger partial charge in [0.05, 0.1) is 0 Å². The van der Waals surface area contributed by atoms with Crippen molar-refractivity contribution in [1.29, 1.82) is 0 Å². The van der Waals surface area contributed by atoms with E-state index in [4.69, 9.17) is 5.11 Å². The van der Waals surface area contributed by atoms with Crippen LogP contribution in [0.25, 0.3) is 11.1 Å². The van der Waals surface area contributed by atoms with Crippen molar-refractivity contribution in [2.45, 2.75) is 25.4 Å². The summed E-state index contributed by atoms with van der Waals surface area (Å²) >= 11 is 0. The maximum absolute atomic E-state index is 12.3. The van der Waals surface area contributed by atoms with Gasteiger partial charge in [-0.25, -0.2) is 0 Å². The van der Waals surface area contributed by atoms with Crippen molar-refractivity contribution in [2.24, 2.45) is 0 Å². The molecule has 0 bridgehead atoms. The Morgan fingerprint density at radius 1 is 0.955 bits per heavy atom. The first-order chi connectivity index (χ1) is 10.4. The van der Waals surface area contributed by atoms with Crippen molar-refractivity contribution in [1.82, 2.24) is 0 Å². The van der Waals surface area contributed by atoms with Crippen molar-refractivity contribution in [3.8, 4) is 11.1 Å². The van der Waals surface area contributed by atoms with Crippen LogP contribution in [-0.2, 0) is 4.79 Å². The fourth-order valence-corrected chi connectivity index (χ4v) is 2.22. The second-order valence-corrected chi connectivity index (χ2v) is 5.44. The summed E-state index contributed by atoms with van der Waals surface area (Å²) in [6.45, 7) is 1.35. The molecular weight excluding hydrogens is 280 g/mol. The minimum Gasteiger partial charge on any atom is -0.481 e. The minimum atomic E-state index is -1.67. The van der Waals surface area contributed by atoms with Crippen LogP contribution in [0.2, 0.25) is 0 Å². The van der Waals surface area contributed by atoms with E-state index in [0.717, 1.165) is 11.1 Å². The number of aliphatic hydroxyl groups is 1. The number of rotatable bonds is 6. The van der Waals surface area contributed by atoms with Gasteiger partial charge in [0.2, 0.25) is 0 Å². The Kier molecular flexibility index (Phi) is 4.73. The van der Waals surface area contributed by atoms with E-state index in [0.29, 0.717) is 5.56 Å². The zero-order valence-electron chi connectivity index (χ0n) is 12.3. The third kappa shape index (κ3) is 3.80. The molecule has 1 atom stereocenters. The third-order valence-electron chi connectivity index (χ3n) is 3.57. The van der Waals surface area contributed by atoms with E-state index in [2.05, 4.69) is 0 Å². The lowest BCUT2D eigenvalue weighted by Gasteiger charge is -2.21. The highest BCUT2D eigenvalue weighted by Crippen LogP contribution is 2.23. The average molecular weight is 298 g/mol. The molecule has 4 nitrogen and oxygen atoms in total. The van der Waals surface area contributed by atoms with E-state index in [1.165, 1.54) is 6.92 Å². The van der Waals surface area contributed by atoms with Crippen molar-refractivity contribution in [2.75, 3.05) is 0 Å². The molecule has 2 aromatic carbocycles. The summed E-state index contributed by atoms with van der Waals surface area (Å²) in [6, 6.07) is 16.7. The summed E-state index contributed by atoms with van der Waals surface area (Å²) in [5.41, 5.74) is 0.712. The molecule has 0 saturated carbocycles. The number of benzene rings is 2. The number of aliphatic carboxylic acids is 1. The van der Waals surface area contributed by atoms with Crippen molar-refractivity contribution < 1.29 is 19.8 Å². The molecule has 2 N–H and O–H groups in total. The summed E-state index contributed by atoms with van der Waals surface area (Å²) in [7, 11) is 0. The number of hydrogen-bond donors (Lipinski definition) is 2. The quantitative estimate of drug-likeness (QED) is 0.803. The van der Waals surface area contributed by atoms with Crippen LogP contribution in [0.4, 0.5) is 0 Å². The number of hydrogen-bond acceptors (Lipinski definition) is 3. The first-order valence-corrected chi connectivity index (χ1v) is 7.04. The van der Waals surface area contributed by atoms with Crippen LogP contribution in [-0.4, -0.2) is 27.6 Å². The van der Waals surface area contributed by atoms with Gasteiger partial charge in [-0.3, -0.25) is 9.59 Å². The number of carboxylic acids is 1. The van der Waals surface area contributed by atoms with E-state index >= 15 is 0 Å². The zero-order chi connectivity index (χ0) is 16.2. The molecule has 2 aromatic rings. The standard InChI is InChI=1S/C18H18O4/c1-18(22,12-11-16(19)20)17(21)15-9-7-14(8-10-15)13-5-3-2-4-6-13/h2-10,22H,11-12H2,1H3,(H,19,20). The molecule has 1 unspecified atom stereocenters. The number of Topliss-reactive ketones (excluding diaryl/α,β-unsaturated/α-hetero) is 1. The predicted molar refractivity (Wildman–Crippen MR) is 83.7 cm³/mol. The highest BCUT2D eigenvalue weighted by atomic mass is 16.4. The van der Waals surface area contributed by atoms with Crippen molar-refractivity contribution in [3.63, 3.8) is 0 Å². The second-order valence-electron chi connectivity index (χ2n) is 5.44. The minimum absolute atomic E-state index is 0.110. The Labute approximate surface area is 129 Å². The molecule has 0 fully saturated rings. The van der Waals surface area contributed by atoms with Gasteiger partial charge in [0.25, 0.3) is 0 Å². The van der Waals surface area contributed by atoms with E-state index < -0.39 is 17.4 Å². The largest absolute Gasteiger partial charge is 0.481 e. The highest BCUT2D eigenvalue weighted by molar-refractivity contribution is 6.02. The smallest absolute Gasteiger partial charge is 0.303 e. The molecule has 0 saturated heterocycles. The molecule has 0 aliphatic carbocycles. The van der Waals surface area contributed by atoms with E-state index in [-0.39, 0.29) is 12.8 Å². The SMILES string of the molecule is CC(O)(CCC(=O)O)C(=O)c1ccc(-c2ccccc2)cc1. The molecule has 0 radical (unpaired) electrons. The fourth-order valence-electron chi connectivity index (χ4n) is 2.22. The molecule has 22 heavy (non-hydrogen) atoms. The number of carbonyl (C=O) groups is 2. The second kappa shape index (κ2) is 6.54. The molecule has 0 amide bonds. The predicted octanol–water partition coefficient (Wildman–Crippen LogP) is 3.15. The van der Waals surface area contributed by atoms with E-state index in [9.17, 15) is 14.7 Å². The Hall–Kier alpha value is -2.46. The molecule has 0 aliphatic rings. The summed E-state index contributed by atoms with van der Waals surface area (Å²) in [5, 5.41) is 18.8. The molecule has 4 heteroatoms. The van der Waals surface area contributed by atoms with Crippen LogP contribution in [0.1, 0.15) is 30.1 Å². The topological polar surface area (TPSA) is 74.6 Å². The zero-order valence-corrected chi connectivity index (χ0v) is 12.3. The summed E-state index contributed by atoms with van der Waals surface area (Å²) in [6.07, 6.45) is -0.359. The normalized spacial score (nSPS) is 13.4. The van der Waals surface area contributed by atoms with Gasteiger partial charge in [-0.05, 0) is 24.5 Å². The van der Waals surface area contributed by atoms with Gasteiger partial charge in [-0.1, -0.05) is 54.6 Å².